The van der Waals surface area contributed by atoms with E-state index in [4.69, 9.17) is 0 Å². The highest BCUT2D eigenvalue weighted by Crippen LogP contribution is 2.34. The Morgan fingerprint density at radius 3 is 2.52 bits per heavy atom. The molecule has 0 saturated heterocycles. The third-order valence-corrected chi connectivity index (χ3v) is 3.99. The van der Waals surface area contributed by atoms with Gasteiger partial charge in [-0.25, -0.2) is 0 Å². The molecule has 102 valence electrons. The van der Waals surface area contributed by atoms with Gasteiger partial charge in [-0.3, -0.25) is 4.79 Å². The van der Waals surface area contributed by atoms with E-state index in [1.54, 1.807) is 6.20 Å². The monoisotopic (exact) mass is 274 g/mol. The van der Waals surface area contributed by atoms with Crippen LogP contribution in [0.4, 0.5) is 0 Å². The van der Waals surface area contributed by atoms with Crippen LogP contribution in [0.15, 0.2) is 54.0 Å². The molecule has 0 aliphatic heterocycles. The molecule has 0 aliphatic carbocycles. The fraction of sp³-hybridized carbons (Fsp3) is 0.0556. The standard InChI is InChI=1S/C18H14N2O/c1-10(2)15-9-14-12-7-8-19-18(21)16(12)11-5-3-4-6-13(11)17(14)20-15/h3-9,20H,1H2,2H3,(H,19,21). The fourth-order valence-electron chi connectivity index (χ4n) is 3.00. The van der Waals surface area contributed by atoms with Gasteiger partial charge < -0.3 is 9.97 Å². The molecule has 0 saturated carbocycles. The Morgan fingerprint density at radius 1 is 1.05 bits per heavy atom. The first kappa shape index (κ1) is 12.0. The number of aromatic nitrogens is 2. The summed E-state index contributed by atoms with van der Waals surface area (Å²) < 4.78 is 0. The molecule has 0 spiro atoms. The van der Waals surface area contributed by atoms with Crippen molar-refractivity contribution < 1.29 is 0 Å². The minimum Gasteiger partial charge on any atom is -0.354 e. The Morgan fingerprint density at radius 2 is 1.76 bits per heavy atom. The summed E-state index contributed by atoms with van der Waals surface area (Å²) in [7, 11) is 0. The van der Waals surface area contributed by atoms with Crippen LogP contribution < -0.4 is 5.56 Å². The number of benzene rings is 2. The molecule has 4 aromatic rings. The van der Waals surface area contributed by atoms with E-state index in [0.717, 1.165) is 43.7 Å². The first-order chi connectivity index (χ1) is 10.2. The average Bonchev–Trinajstić information content (AvgIpc) is 2.93. The largest absolute Gasteiger partial charge is 0.354 e. The second kappa shape index (κ2) is 4.09. The zero-order valence-electron chi connectivity index (χ0n) is 11.7. The topological polar surface area (TPSA) is 48.6 Å². The lowest BCUT2D eigenvalue weighted by Crippen LogP contribution is -2.05. The maximum Gasteiger partial charge on any atom is 0.256 e. The van der Waals surface area contributed by atoms with Crippen molar-refractivity contribution >= 4 is 38.0 Å². The highest BCUT2D eigenvalue weighted by Gasteiger charge is 2.13. The Hall–Kier alpha value is -2.81. The SMILES string of the molecule is C=C(C)c1cc2c3cc[nH]c(=O)c3c3ccccc3c2[nH]1. The molecular formula is C18H14N2O. The van der Waals surface area contributed by atoms with Gasteiger partial charge in [0.05, 0.1) is 10.9 Å². The van der Waals surface area contributed by atoms with Gasteiger partial charge >= 0.3 is 0 Å². The number of H-pyrrole nitrogens is 2. The van der Waals surface area contributed by atoms with E-state index in [-0.39, 0.29) is 5.56 Å². The van der Waals surface area contributed by atoms with Crippen molar-refractivity contribution in [3.05, 3.63) is 65.2 Å². The minimum absolute atomic E-state index is 0.0522. The maximum atomic E-state index is 12.3. The molecule has 3 nitrogen and oxygen atoms in total. The summed E-state index contributed by atoms with van der Waals surface area (Å²) in [5.41, 5.74) is 2.99. The second-order valence-electron chi connectivity index (χ2n) is 5.39. The fourth-order valence-corrected chi connectivity index (χ4v) is 3.00. The molecule has 0 radical (unpaired) electrons. The van der Waals surface area contributed by atoms with E-state index >= 15 is 0 Å². The van der Waals surface area contributed by atoms with E-state index in [2.05, 4.69) is 22.6 Å². The molecule has 2 aromatic carbocycles. The molecule has 21 heavy (non-hydrogen) atoms. The van der Waals surface area contributed by atoms with Crippen molar-refractivity contribution in [2.45, 2.75) is 6.92 Å². The predicted octanol–water partition coefficient (Wildman–Crippen LogP) is 4.20. The van der Waals surface area contributed by atoms with Gasteiger partial charge in [0.25, 0.3) is 5.56 Å². The van der Waals surface area contributed by atoms with E-state index in [9.17, 15) is 4.79 Å². The van der Waals surface area contributed by atoms with Gasteiger partial charge in [-0.15, -0.1) is 0 Å². The van der Waals surface area contributed by atoms with Crippen LogP contribution in [0.1, 0.15) is 12.6 Å². The van der Waals surface area contributed by atoms with E-state index in [1.165, 1.54) is 0 Å². The number of aromatic amines is 2. The van der Waals surface area contributed by atoms with Gasteiger partial charge in [0, 0.05) is 22.7 Å². The highest BCUT2D eigenvalue weighted by atomic mass is 16.1. The third-order valence-electron chi connectivity index (χ3n) is 3.99. The van der Waals surface area contributed by atoms with Crippen molar-refractivity contribution in [3.63, 3.8) is 0 Å². The molecule has 2 aromatic heterocycles. The molecule has 0 aliphatic rings. The zero-order valence-corrected chi connectivity index (χ0v) is 11.7. The summed E-state index contributed by atoms with van der Waals surface area (Å²) in [6, 6.07) is 12.0. The van der Waals surface area contributed by atoms with Crippen molar-refractivity contribution in [3.8, 4) is 0 Å². The Labute approximate surface area is 120 Å². The van der Waals surface area contributed by atoms with Crippen LogP contribution >= 0.6 is 0 Å². The summed E-state index contributed by atoms with van der Waals surface area (Å²) >= 11 is 0. The van der Waals surface area contributed by atoms with Gasteiger partial charge in [-0.1, -0.05) is 30.8 Å². The summed E-state index contributed by atoms with van der Waals surface area (Å²) in [4.78, 5) is 18.5. The van der Waals surface area contributed by atoms with Gasteiger partial charge in [-0.2, -0.15) is 0 Å². The Balaban J connectivity index is 2.40. The second-order valence-corrected chi connectivity index (χ2v) is 5.39. The van der Waals surface area contributed by atoms with Crippen LogP contribution in [0, 0.1) is 0 Å². The van der Waals surface area contributed by atoms with Crippen LogP contribution in [0.3, 0.4) is 0 Å². The number of pyridine rings is 1. The quantitative estimate of drug-likeness (QED) is 0.502. The molecule has 3 heteroatoms. The average molecular weight is 274 g/mol. The van der Waals surface area contributed by atoms with Crippen molar-refractivity contribution in [1.29, 1.82) is 0 Å². The van der Waals surface area contributed by atoms with Gasteiger partial charge in [0.2, 0.25) is 0 Å². The molecule has 0 unspecified atom stereocenters. The van der Waals surface area contributed by atoms with Crippen LogP contribution in [-0.4, -0.2) is 9.97 Å². The molecule has 0 bridgehead atoms. The number of hydrogen-bond acceptors (Lipinski definition) is 1. The summed E-state index contributed by atoms with van der Waals surface area (Å²) in [5, 5.41) is 4.80. The Kier molecular flexibility index (Phi) is 2.33. The summed E-state index contributed by atoms with van der Waals surface area (Å²) in [6.07, 6.45) is 1.70. The third kappa shape index (κ3) is 1.57. The first-order valence-corrected chi connectivity index (χ1v) is 6.87. The van der Waals surface area contributed by atoms with E-state index in [0.29, 0.717) is 0 Å². The lowest BCUT2D eigenvalue weighted by atomic mass is 9.99. The molecule has 0 amide bonds. The van der Waals surface area contributed by atoms with Crippen molar-refractivity contribution in [2.24, 2.45) is 0 Å². The normalized spacial score (nSPS) is 11.5. The van der Waals surface area contributed by atoms with Crippen LogP contribution in [-0.2, 0) is 0 Å². The van der Waals surface area contributed by atoms with Crippen LogP contribution in [0.2, 0.25) is 0 Å². The lowest BCUT2D eigenvalue weighted by Gasteiger charge is -2.05. The molecule has 0 fully saturated rings. The summed E-state index contributed by atoms with van der Waals surface area (Å²) in [5.74, 6) is 0. The molecule has 2 heterocycles. The number of hydrogen-bond donors (Lipinski definition) is 2. The number of allylic oxidation sites excluding steroid dienone is 1. The number of fused-ring (bicyclic) bond motifs is 6. The molecule has 4 rings (SSSR count). The summed E-state index contributed by atoms with van der Waals surface area (Å²) in [6.45, 7) is 5.97. The van der Waals surface area contributed by atoms with Gasteiger partial charge in [-0.05, 0) is 35.4 Å². The smallest absolute Gasteiger partial charge is 0.256 e. The van der Waals surface area contributed by atoms with Crippen molar-refractivity contribution in [1.82, 2.24) is 9.97 Å². The number of nitrogens with one attached hydrogen (secondary N) is 2. The molecular weight excluding hydrogens is 260 g/mol. The van der Waals surface area contributed by atoms with Gasteiger partial charge in [0.1, 0.15) is 0 Å². The molecule has 0 atom stereocenters. The number of rotatable bonds is 1. The van der Waals surface area contributed by atoms with E-state index in [1.807, 2.05) is 37.3 Å². The maximum absolute atomic E-state index is 12.3. The van der Waals surface area contributed by atoms with Gasteiger partial charge in [0.15, 0.2) is 0 Å². The predicted molar refractivity (Wildman–Crippen MR) is 88.6 cm³/mol. The first-order valence-electron chi connectivity index (χ1n) is 6.87. The molecule has 2 N–H and O–H groups in total. The van der Waals surface area contributed by atoms with Crippen LogP contribution in [0.5, 0.6) is 0 Å². The van der Waals surface area contributed by atoms with Crippen LogP contribution in [0.25, 0.3) is 38.0 Å². The minimum atomic E-state index is -0.0522. The van der Waals surface area contributed by atoms with Crippen molar-refractivity contribution in [2.75, 3.05) is 0 Å². The highest BCUT2D eigenvalue weighted by molar-refractivity contribution is 6.24. The zero-order chi connectivity index (χ0) is 14.6. The Bertz CT molecular complexity index is 1080. The lowest BCUT2D eigenvalue weighted by molar-refractivity contribution is 1.28. The van der Waals surface area contributed by atoms with E-state index < -0.39 is 0 Å².